The first-order chi connectivity index (χ1) is 10.7. The number of amides is 1. The normalized spacial score (nSPS) is 24.5. The Kier molecular flexibility index (Phi) is 4.52. The van der Waals surface area contributed by atoms with Gasteiger partial charge in [0.1, 0.15) is 0 Å². The topological polar surface area (TPSA) is 50.8 Å². The lowest BCUT2D eigenvalue weighted by atomic mass is 10.0. The summed E-state index contributed by atoms with van der Waals surface area (Å²) in [6.45, 7) is 2.62. The van der Waals surface area contributed by atoms with Gasteiger partial charge in [-0.25, -0.2) is 0 Å². The number of rotatable bonds is 4. The fourth-order valence-corrected chi connectivity index (χ4v) is 3.54. The van der Waals surface area contributed by atoms with E-state index in [0.29, 0.717) is 5.91 Å². The Hall–Kier alpha value is -1.75. The van der Waals surface area contributed by atoms with Gasteiger partial charge in [0.15, 0.2) is 11.5 Å². The van der Waals surface area contributed by atoms with Crippen molar-refractivity contribution < 1.29 is 14.3 Å². The van der Waals surface area contributed by atoms with Gasteiger partial charge in [-0.3, -0.25) is 4.79 Å². The van der Waals surface area contributed by atoms with Crippen LogP contribution < -0.4 is 14.8 Å². The number of carbonyl (C=O) groups is 1. The summed E-state index contributed by atoms with van der Waals surface area (Å²) in [5.41, 5.74) is 1.13. The van der Waals surface area contributed by atoms with E-state index in [9.17, 15) is 4.79 Å². The summed E-state index contributed by atoms with van der Waals surface area (Å²) in [7, 11) is 3.28. The quantitative estimate of drug-likeness (QED) is 0.924. The number of ether oxygens (including phenoxy) is 2. The summed E-state index contributed by atoms with van der Waals surface area (Å²) >= 11 is 0. The molecule has 0 aliphatic carbocycles. The minimum Gasteiger partial charge on any atom is -0.493 e. The summed E-state index contributed by atoms with van der Waals surface area (Å²) < 4.78 is 10.7. The van der Waals surface area contributed by atoms with Gasteiger partial charge >= 0.3 is 0 Å². The van der Waals surface area contributed by atoms with E-state index in [0.717, 1.165) is 56.0 Å². The Morgan fingerprint density at radius 3 is 2.73 bits per heavy atom. The van der Waals surface area contributed by atoms with Crippen LogP contribution in [0.5, 0.6) is 11.5 Å². The monoisotopic (exact) mass is 304 g/mol. The van der Waals surface area contributed by atoms with E-state index in [4.69, 9.17) is 9.47 Å². The zero-order valence-electron chi connectivity index (χ0n) is 13.3. The molecule has 22 heavy (non-hydrogen) atoms. The molecule has 2 aliphatic rings. The van der Waals surface area contributed by atoms with Crippen LogP contribution in [-0.2, 0) is 4.79 Å². The lowest BCUT2D eigenvalue weighted by molar-refractivity contribution is -0.135. The predicted molar refractivity (Wildman–Crippen MR) is 84.2 cm³/mol. The molecule has 2 aliphatic heterocycles. The summed E-state index contributed by atoms with van der Waals surface area (Å²) in [5, 5.41) is 3.28. The molecule has 0 unspecified atom stereocenters. The third kappa shape index (κ3) is 2.77. The maximum Gasteiger partial charge on any atom is 0.227 e. The molecule has 1 aromatic carbocycles. The van der Waals surface area contributed by atoms with Crippen molar-refractivity contribution in [3.63, 3.8) is 0 Å². The van der Waals surface area contributed by atoms with Crippen molar-refractivity contribution in [1.29, 1.82) is 0 Å². The molecule has 1 amide bonds. The summed E-state index contributed by atoms with van der Waals surface area (Å²) in [4.78, 5) is 14.8. The Balaban J connectivity index is 1.82. The highest BCUT2D eigenvalue weighted by atomic mass is 16.5. The van der Waals surface area contributed by atoms with Gasteiger partial charge < -0.3 is 19.7 Å². The first-order valence-corrected chi connectivity index (χ1v) is 7.97. The first kappa shape index (κ1) is 15.2. The molecular weight excluding hydrogens is 280 g/mol. The van der Waals surface area contributed by atoms with E-state index < -0.39 is 0 Å². The largest absolute Gasteiger partial charge is 0.493 e. The van der Waals surface area contributed by atoms with E-state index >= 15 is 0 Å². The van der Waals surface area contributed by atoms with Crippen LogP contribution in [0.1, 0.15) is 30.9 Å². The van der Waals surface area contributed by atoms with Crippen LogP contribution in [0.4, 0.5) is 0 Å². The molecule has 1 N–H and O–H groups in total. The molecule has 2 atom stereocenters. The van der Waals surface area contributed by atoms with Crippen molar-refractivity contribution in [2.45, 2.75) is 25.3 Å². The molecular formula is C17H24N2O3. The number of benzene rings is 1. The van der Waals surface area contributed by atoms with Crippen LogP contribution in [0.3, 0.4) is 0 Å². The second-order valence-corrected chi connectivity index (χ2v) is 5.99. The third-order valence-corrected chi connectivity index (χ3v) is 4.74. The first-order valence-electron chi connectivity index (χ1n) is 7.97. The Bertz CT molecular complexity index is 541. The van der Waals surface area contributed by atoms with Crippen LogP contribution in [-0.4, -0.2) is 44.7 Å². The molecule has 1 aromatic rings. The van der Waals surface area contributed by atoms with Gasteiger partial charge in [-0.05, 0) is 43.5 Å². The van der Waals surface area contributed by atoms with Gasteiger partial charge in [-0.15, -0.1) is 0 Å². The minimum absolute atomic E-state index is 0.140. The van der Waals surface area contributed by atoms with E-state index in [1.54, 1.807) is 14.2 Å². The summed E-state index contributed by atoms with van der Waals surface area (Å²) in [5.74, 6) is 1.88. The molecule has 5 heteroatoms. The lowest BCUT2D eigenvalue weighted by Crippen LogP contribution is -2.36. The van der Waals surface area contributed by atoms with Crippen LogP contribution in [0, 0.1) is 5.92 Å². The number of carbonyl (C=O) groups excluding carboxylic acids is 1. The number of likely N-dealkylation sites (tertiary alicyclic amines) is 1. The molecule has 0 radical (unpaired) electrons. The molecule has 0 spiro atoms. The number of methoxy groups -OCH3 is 2. The Morgan fingerprint density at radius 2 is 2.05 bits per heavy atom. The van der Waals surface area contributed by atoms with Gasteiger partial charge in [0.2, 0.25) is 5.91 Å². The fraction of sp³-hybridized carbons (Fsp3) is 0.588. The second-order valence-electron chi connectivity index (χ2n) is 5.99. The molecule has 0 bridgehead atoms. The Labute approximate surface area is 131 Å². The smallest absolute Gasteiger partial charge is 0.227 e. The van der Waals surface area contributed by atoms with Crippen LogP contribution in [0.15, 0.2) is 18.2 Å². The fourth-order valence-electron chi connectivity index (χ4n) is 3.54. The average Bonchev–Trinajstić information content (AvgIpc) is 3.24. The maximum atomic E-state index is 12.7. The lowest BCUT2D eigenvalue weighted by Gasteiger charge is -2.28. The average molecular weight is 304 g/mol. The SMILES string of the molecule is COc1ccc([C@@H]2CCCN2C(=O)[C@H]2CCNC2)cc1OC. The van der Waals surface area contributed by atoms with E-state index in [-0.39, 0.29) is 12.0 Å². The van der Waals surface area contributed by atoms with Crippen molar-refractivity contribution in [2.24, 2.45) is 5.92 Å². The van der Waals surface area contributed by atoms with E-state index in [1.165, 1.54) is 0 Å². The zero-order chi connectivity index (χ0) is 15.5. The van der Waals surface area contributed by atoms with Crippen molar-refractivity contribution in [2.75, 3.05) is 33.9 Å². The van der Waals surface area contributed by atoms with Gasteiger partial charge in [-0.1, -0.05) is 6.07 Å². The van der Waals surface area contributed by atoms with E-state index in [2.05, 4.69) is 10.2 Å². The molecule has 2 saturated heterocycles. The van der Waals surface area contributed by atoms with Gasteiger partial charge in [0.25, 0.3) is 0 Å². The van der Waals surface area contributed by atoms with Crippen molar-refractivity contribution in [3.05, 3.63) is 23.8 Å². The van der Waals surface area contributed by atoms with Crippen molar-refractivity contribution >= 4 is 5.91 Å². The highest BCUT2D eigenvalue weighted by molar-refractivity contribution is 5.80. The van der Waals surface area contributed by atoms with Crippen LogP contribution in [0.25, 0.3) is 0 Å². The van der Waals surface area contributed by atoms with Gasteiger partial charge in [-0.2, -0.15) is 0 Å². The number of nitrogens with one attached hydrogen (secondary N) is 1. The predicted octanol–water partition coefficient (Wildman–Crippen LogP) is 1.98. The molecule has 5 nitrogen and oxygen atoms in total. The number of hydrogen-bond donors (Lipinski definition) is 1. The second kappa shape index (κ2) is 6.57. The molecule has 3 rings (SSSR count). The number of nitrogens with zero attached hydrogens (tertiary/aromatic N) is 1. The van der Waals surface area contributed by atoms with E-state index in [1.807, 2.05) is 18.2 Å². The highest BCUT2D eigenvalue weighted by Crippen LogP contribution is 2.37. The third-order valence-electron chi connectivity index (χ3n) is 4.74. The van der Waals surface area contributed by atoms with Crippen LogP contribution >= 0.6 is 0 Å². The minimum atomic E-state index is 0.140. The molecule has 0 saturated carbocycles. The molecule has 120 valence electrons. The van der Waals surface area contributed by atoms with Crippen molar-refractivity contribution in [3.8, 4) is 11.5 Å². The van der Waals surface area contributed by atoms with Crippen LogP contribution in [0.2, 0.25) is 0 Å². The maximum absolute atomic E-state index is 12.7. The Morgan fingerprint density at radius 1 is 1.23 bits per heavy atom. The van der Waals surface area contributed by atoms with Gasteiger partial charge in [0.05, 0.1) is 26.2 Å². The highest BCUT2D eigenvalue weighted by Gasteiger charge is 2.35. The standard InChI is InChI=1S/C17H24N2O3/c1-21-15-6-5-12(10-16(15)22-2)14-4-3-9-19(14)17(20)13-7-8-18-11-13/h5-6,10,13-14,18H,3-4,7-9,11H2,1-2H3/t13-,14-/m0/s1. The molecule has 2 fully saturated rings. The summed E-state index contributed by atoms with van der Waals surface area (Å²) in [6, 6.07) is 6.13. The zero-order valence-corrected chi connectivity index (χ0v) is 13.3. The molecule has 2 heterocycles. The van der Waals surface area contributed by atoms with Crippen molar-refractivity contribution in [1.82, 2.24) is 10.2 Å². The van der Waals surface area contributed by atoms with Gasteiger partial charge in [0, 0.05) is 13.1 Å². The summed E-state index contributed by atoms with van der Waals surface area (Å²) in [6.07, 6.45) is 3.03. The molecule has 0 aromatic heterocycles. The number of hydrogen-bond acceptors (Lipinski definition) is 4.